The van der Waals surface area contributed by atoms with Crippen molar-refractivity contribution in [3.05, 3.63) is 59.7 Å². The fraction of sp³-hybridized carbons (Fsp3) is 0.417. The summed E-state index contributed by atoms with van der Waals surface area (Å²) < 4.78 is 5.63. The first-order valence-corrected chi connectivity index (χ1v) is 11.2. The zero-order valence-corrected chi connectivity index (χ0v) is 19.1. The second-order valence-corrected chi connectivity index (χ2v) is 9.19. The number of nitrogens with zero attached hydrogens (tertiary/aromatic N) is 2. The predicted molar refractivity (Wildman–Crippen MR) is 122 cm³/mol. The Morgan fingerprint density at radius 2 is 1.83 bits per heavy atom. The molecule has 0 aliphatic carbocycles. The molecule has 3 rings (SSSR count). The molecule has 0 bridgehead atoms. The molecule has 1 aliphatic rings. The highest BCUT2D eigenvalue weighted by molar-refractivity contribution is 7.99. The number of aryl methyl sites for hydroxylation is 1. The number of hydrogen-bond acceptors (Lipinski definition) is 5. The molecule has 0 N–H and O–H groups in total. The van der Waals surface area contributed by atoms with Crippen molar-refractivity contribution in [2.24, 2.45) is 0 Å². The second kappa shape index (κ2) is 9.67. The third kappa shape index (κ3) is 5.05. The van der Waals surface area contributed by atoms with Crippen LogP contribution in [0.1, 0.15) is 37.1 Å². The number of rotatable bonds is 6. The number of anilines is 1. The summed E-state index contributed by atoms with van der Waals surface area (Å²) in [6.07, 6.45) is -0.882. The van der Waals surface area contributed by atoms with Gasteiger partial charge in [-0.3, -0.25) is 9.59 Å². The van der Waals surface area contributed by atoms with Crippen LogP contribution in [0.5, 0.6) is 0 Å². The second-order valence-electron chi connectivity index (χ2n) is 8.01. The van der Waals surface area contributed by atoms with Gasteiger partial charge in [-0.2, -0.15) is 0 Å². The van der Waals surface area contributed by atoms with Crippen molar-refractivity contribution in [3.63, 3.8) is 0 Å². The number of fused-ring (bicyclic) bond motifs is 1. The van der Waals surface area contributed by atoms with Crippen LogP contribution in [0, 0.1) is 6.92 Å². The maximum atomic E-state index is 13.7. The summed E-state index contributed by atoms with van der Waals surface area (Å²) in [5.41, 5.74) is 2.99. The molecule has 0 radical (unpaired) electrons. The fourth-order valence-electron chi connectivity index (χ4n) is 3.42. The van der Waals surface area contributed by atoms with Crippen LogP contribution in [0.25, 0.3) is 0 Å². The third-order valence-corrected chi connectivity index (χ3v) is 6.82. The number of ether oxygens (including phenoxy) is 1. The van der Waals surface area contributed by atoms with Crippen molar-refractivity contribution in [2.75, 3.05) is 25.0 Å². The molecule has 30 heavy (non-hydrogen) atoms. The number of benzene rings is 2. The van der Waals surface area contributed by atoms with Crippen molar-refractivity contribution in [3.8, 4) is 0 Å². The standard InChI is InChI=1S/C24H30N2O3S/c1-16(2)25(5)14-15-26-20-8-6-7-9-21(20)30-23(19-12-10-17(3)11-13-19)22(24(26)28)29-18(4)27/h6-13,16,22-23H,14-15H2,1-5H3/t22-,23+/m1/s1. The average molecular weight is 427 g/mol. The normalized spacial score (nSPS) is 19.0. The number of carbonyl (C=O) groups is 2. The molecule has 2 aromatic rings. The van der Waals surface area contributed by atoms with Gasteiger partial charge < -0.3 is 14.5 Å². The van der Waals surface area contributed by atoms with E-state index in [-0.39, 0.29) is 11.2 Å². The Morgan fingerprint density at radius 3 is 2.47 bits per heavy atom. The molecule has 2 aromatic carbocycles. The Labute approximate surface area is 183 Å². The molecule has 0 saturated heterocycles. The minimum atomic E-state index is -0.882. The summed E-state index contributed by atoms with van der Waals surface area (Å²) >= 11 is 1.58. The summed E-state index contributed by atoms with van der Waals surface area (Å²) in [5, 5.41) is -0.309. The van der Waals surface area contributed by atoms with Crippen molar-refractivity contribution in [2.45, 2.75) is 50.0 Å². The highest BCUT2D eigenvalue weighted by atomic mass is 32.2. The van der Waals surface area contributed by atoms with Crippen LogP contribution in [0.4, 0.5) is 5.69 Å². The van der Waals surface area contributed by atoms with E-state index in [0.29, 0.717) is 12.6 Å². The average Bonchev–Trinajstić information content (AvgIpc) is 2.82. The van der Waals surface area contributed by atoms with Gasteiger partial charge in [-0.05, 0) is 45.5 Å². The van der Waals surface area contributed by atoms with Crippen molar-refractivity contribution in [1.82, 2.24) is 4.90 Å². The van der Waals surface area contributed by atoms with E-state index < -0.39 is 12.1 Å². The lowest BCUT2D eigenvalue weighted by Gasteiger charge is -2.30. The van der Waals surface area contributed by atoms with Crippen molar-refractivity contribution in [1.29, 1.82) is 0 Å². The van der Waals surface area contributed by atoms with Gasteiger partial charge in [-0.1, -0.05) is 42.0 Å². The molecule has 160 valence electrons. The molecular weight excluding hydrogens is 396 g/mol. The van der Waals surface area contributed by atoms with Gasteiger partial charge in [-0.25, -0.2) is 0 Å². The minimum absolute atomic E-state index is 0.176. The van der Waals surface area contributed by atoms with Crippen LogP contribution in [0.15, 0.2) is 53.4 Å². The quantitative estimate of drug-likeness (QED) is 0.639. The highest BCUT2D eigenvalue weighted by Crippen LogP contribution is 2.46. The smallest absolute Gasteiger partial charge is 0.303 e. The number of thioether (sulfide) groups is 1. The number of esters is 1. The lowest BCUT2D eigenvalue weighted by atomic mass is 10.0. The van der Waals surface area contributed by atoms with E-state index in [4.69, 9.17) is 4.74 Å². The summed E-state index contributed by atoms with van der Waals surface area (Å²) in [6.45, 7) is 8.90. The topological polar surface area (TPSA) is 49.9 Å². The minimum Gasteiger partial charge on any atom is -0.451 e. The first-order chi connectivity index (χ1) is 14.3. The number of para-hydroxylation sites is 1. The Morgan fingerprint density at radius 1 is 1.17 bits per heavy atom. The van der Waals surface area contributed by atoms with Gasteiger partial charge in [0.2, 0.25) is 0 Å². The van der Waals surface area contributed by atoms with Gasteiger partial charge in [-0.15, -0.1) is 11.8 Å². The summed E-state index contributed by atoms with van der Waals surface area (Å²) in [4.78, 5) is 30.6. The maximum absolute atomic E-state index is 13.7. The maximum Gasteiger partial charge on any atom is 0.303 e. The summed E-state index contributed by atoms with van der Waals surface area (Å²) in [6, 6.07) is 16.4. The Kier molecular flexibility index (Phi) is 7.21. The van der Waals surface area contributed by atoms with E-state index in [9.17, 15) is 9.59 Å². The third-order valence-electron chi connectivity index (χ3n) is 5.45. The van der Waals surface area contributed by atoms with Crippen LogP contribution in [0.2, 0.25) is 0 Å². The summed E-state index contributed by atoms with van der Waals surface area (Å²) in [7, 11) is 2.05. The lowest BCUT2D eigenvalue weighted by molar-refractivity contribution is -0.152. The fourth-order valence-corrected chi connectivity index (χ4v) is 4.74. The van der Waals surface area contributed by atoms with Gasteiger partial charge >= 0.3 is 5.97 Å². The number of amides is 1. The molecule has 1 amide bonds. The van der Waals surface area contributed by atoms with E-state index in [0.717, 1.165) is 28.3 Å². The Bertz CT molecular complexity index is 898. The first-order valence-electron chi connectivity index (χ1n) is 10.3. The van der Waals surface area contributed by atoms with E-state index >= 15 is 0 Å². The molecule has 0 unspecified atom stereocenters. The van der Waals surface area contributed by atoms with Crippen molar-refractivity contribution < 1.29 is 14.3 Å². The first kappa shape index (κ1) is 22.4. The molecule has 0 fully saturated rings. The van der Waals surface area contributed by atoms with Crippen LogP contribution < -0.4 is 4.90 Å². The summed E-state index contributed by atoms with van der Waals surface area (Å²) in [5.74, 6) is -0.623. The van der Waals surface area contributed by atoms with Crippen LogP contribution in [0.3, 0.4) is 0 Å². The zero-order valence-electron chi connectivity index (χ0n) is 18.3. The van der Waals surface area contributed by atoms with Gasteiger partial charge in [0.1, 0.15) is 0 Å². The van der Waals surface area contributed by atoms with E-state index in [1.807, 2.05) is 62.5 Å². The van der Waals surface area contributed by atoms with Crippen LogP contribution >= 0.6 is 11.8 Å². The molecule has 6 heteroatoms. The highest BCUT2D eigenvalue weighted by Gasteiger charge is 2.40. The predicted octanol–water partition coefficient (Wildman–Crippen LogP) is 4.45. The van der Waals surface area contributed by atoms with Gasteiger partial charge in [0.15, 0.2) is 6.10 Å². The zero-order chi connectivity index (χ0) is 21.8. The van der Waals surface area contributed by atoms with Crippen LogP contribution in [-0.2, 0) is 14.3 Å². The van der Waals surface area contributed by atoms with E-state index in [2.05, 4.69) is 18.7 Å². The van der Waals surface area contributed by atoms with Gasteiger partial charge in [0.25, 0.3) is 5.91 Å². The van der Waals surface area contributed by atoms with Crippen molar-refractivity contribution >= 4 is 29.3 Å². The largest absolute Gasteiger partial charge is 0.451 e. The van der Waals surface area contributed by atoms with E-state index in [1.54, 1.807) is 16.7 Å². The van der Waals surface area contributed by atoms with E-state index in [1.165, 1.54) is 6.92 Å². The Balaban J connectivity index is 2.03. The van der Waals surface area contributed by atoms with Gasteiger partial charge in [0, 0.05) is 31.0 Å². The molecule has 0 saturated carbocycles. The van der Waals surface area contributed by atoms with Crippen LogP contribution in [-0.4, -0.2) is 49.1 Å². The monoisotopic (exact) mass is 426 g/mol. The SMILES string of the molecule is CC(=O)O[C@H]1C(=O)N(CCN(C)C(C)C)c2ccccc2S[C@H]1c1ccc(C)cc1. The molecule has 2 atom stereocenters. The molecule has 0 spiro atoms. The molecule has 1 aliphatic heterocycles. The molecular formula is C24H30N2O3S. The Hall–Kier alpha value is -2.31. The molecule has 1 heterocycles. The number of likely N-dealkylation sites (N-methyl/N-ethyl adjacent to an activating group) is 1. The molecule has 0 aromatic heterocycles. The number of carbonyl (C=O) groups excluding carboxylic acids is 2. The lowest BCUT2D eigenvalue weighted by Crippen LogP contribution is -2.46. The van der Waals surface area contributed by atoms with Gasteiger partial charge in [0.05, 0.1) is 10.9 Å². The number of hydrogen-bond donors (Lipinski definition) is 0. The molecule has 5 nitrogen and oxygen atoms in total.